The fourth-order valence-corrected chi connectivity index (χ4v) is 2.06. The summed E-state index contributed by atoms with van der Waals surface area (Å²) < 4.78 is 39.5. The van der Waals surface area contributed by atoms with E-state index in [1.165, 1.54) is 0 Å². The van der Waals surface area contributed by atoms with E-state index in [9.17, 15) is 18.0 Å². The van der Waals surface area contributed by atoms with Crippen molar-refractivity contribution in [3.63, 3.8) is 0 Å². The van der Waals surface area contributed by atoms with Crippen LogP contribution in [-0.4, -0.2) is 31.5 Å². The first-order valence-electron chi connectivity index (χ1n) is 8.45. The highest BCUT2D eigenvalue weighted by Crippen LogP contribution is 2.19. The number of carbonyl (C=O) groups is 1. The average Bonchev–Trinajstić information content (AvgIpc) is 2.60. The Kier molecular flexibility index (Phi) is 12.9. The molecule has 0 fully saturated rings. The molecular weight excluding hydrogens is 460 g/mol. The predicted molar refractivity (Wildman–Crippen MR) is 108 cm³/mol. The minimum absolute atomic E-state index is 0. The zero-order valence-electron chi connectivity index (χ0n) is 15.0. The largest absolute Gasteiger partial charge is 0.357 e. The highest BCUT2D eigenvalue weighted by Gasteiger charge is 2.15. The van der Waals surface area contributed by atoms with Gasteiger partial charge in [0.25, 0.3) is 0 Å². The molecule has 0 atom stereocenters. The first-order valence-corrected chi connectivity index (χ1v) is 8.45. The smallest absolute Gasteiger partial charge is 0.246 e. The Morgan fingerprint density at radius 1 is 1.04 bits per heavy atom. The lowest BCUT2D eigenvalue weighted by atomic mass is 10.2. The molecule has 0 saturated heterocycles. The molecule has 0 aliphatic carbocycles. The number of amides is 1. The van der Waals surface area contributed by atoms with Crippen molar-refractivity contribution in [1.82, 2.24) is 10.6 Å². The number of benzene rings is 1. The maximum absolute atomic E-state index is 13.5. The zero-order chi connectivity index (χ0) is 18.7. The average molecular weight is 486 g/mol. The van der Waals surface area contributed by atoms with Crippen molar-refractivity contribution in [3.05, 3.63) is 29.6 Å². The van der Waals surface area contributed by atoms with E-state index in [1.54, 1.807) is 0 Å². The third-order valence-corrected chi connectivity index (χ3v) is 3.36. The SMILES string of the molecule is CCCCCCNC(=NCC(=O)Nc1ccc(F)c(F)c1F)NCC.I. The van der Waals surface area contributed by atoms with Gasteiger partial charge in [0.2, 0.25) is 5.91 Å². The van der Waals surface area contributed by atoms with Gasteiger partial charge in [0.1, 0.15) is 6.54 Å². The molecule has 0 saturated carbocycles. The molecule has 0 spiro atoms. The number of hydrogen-bond donors (Lipinski definition) is 3. The number of nitrogens with one attached hydrogen (secondary N) is 3. The maximum Gasteiger partial charge on any atom is 0.246 e. The van der Waals surface area contributed by atoms with Crippen LogP contribution in [0.25, 0.3) is 0 Å². The van der Waals surface area contributed by atoms with E-state index in [1.807, 2.05) is 6.92 Å². The lowest BCUT2D eigenvalue weighted by molar-refractivity contribution is -0.114. The van der Waals surface area contributed by atoms with E-state index in [0.717, 1.165) is 44.4 Å². The summed E-state index contributed by atoms with van der Waals surface area (Å²) in [5.41, 5.74) is -0.420. The van der Waals surface area contributed by atoms with Crippen molar-refractivity contribution in [2.75, 3.05) is 25.0 Å². The van der Waals surface area contributed by atoms with E-state index in [4.69, 9.17) is 0 Å². The van der Waals surface area contributed by atoms with Crippen LogP contribution >= 0.6 is 24.0 Å². The maximum atomic E-state index is 13.5. The second kappa shape index (κ2) is 13.7. The molecule has 0 heterocycles. The van der Waals surface area contributed by atoms with Crippen molar-refractivity contribution in [3.8, 4) is 0 Å². The van der Waals surface area contributed by atoms with E-state index < -0.39 is 29.0 Å². The van der Waals surface area contributed by atoms with Crippen molar-refractivity contribution < 1.29 is 18.0 Å². The van der Waals surface area contributed by atoms with Gasteiger partial charge >= 0.3 is 0 Å². The highest BCUT2D eigenvalue weighted by molar-refractivity contribution is 14.0. The first-order chi connectivity index (χ1) is 12.0. The second-order valence-corrected chi connectivity index (χ2v) is 5.45. The van der Waals surface area contributed by atoms with E-state index in [0.29, 0.717) is 12.5 Å². The summed E-state index contributed by atoms with van der Waals surface area (Å²) in [7, 11) is 0. The monoisotopic (exact) mass is 486 g/mol. The molecule has 0 radical (unpaired) electrons. The topological polar surface area (TPSA) is 65.5 Å². The summed E-state index contributed by atoms with van der Waals surface area (Å²) in [6.07, 6.45) is 4.41. The summed E-state index contributed by atoms with van der Waals surface area (Å²) >= 11 is 0. The minimum atomic E-state index is -1.62. The van der Waals surface area contributed by atoms with Crippen LogP contribution in [0, 0.1) is 17.5 Å². The summed E-state index contributed by atoms with van der Waals surface area (Å²) in [6, 6.07) is 1.71. The number of rotatable bonds is 9. The summed E-state index contributed by atoms with van der Waals surface area (Å²) in [6.45, 7) is 5.10. The van der Waals surface area contributed by atoms with Gasteiger partial charge in [-0.15, -0.1) is 24.0 Å². The Morgan fingerprint density at radius 3 is 2.42 bits per heavy atom. The molecule has 148 valence electrons. The van der Waals surface area contributed by atoms with Gasteiger partial charge in [0, 0.05) is 13.1 Å². The number of anilines is 1. The van der Waals surface area contributed by atoms with Crippen LogP contribution in [0.5, 0.6) is 0 Å². The molecular formula is C17H26F3IN4O. The second-order valence-electron chi connectivity index (χ2n) is 5.45. The Balaban J connectivity index is 0.00000625. The molecule has 9 heteroatoms. The van der Waals surface area contributed by atoms with Crippen molar-refractivity contribution in [2.24, 2.45) is 4.99 Å². The predicted octanol–water partition coefficient (Wildman–Crippen LogP) is 3.80. The molecule has 0 bridgehead atoms. The molecule has 3 N–H and O–H groups in total. The molecule has 0 aromatic heterocycles. The number of halogens is 4. The van der Waals surface area contributed by atoms with E-state index in [-0.39, 0.29) is 30.5 Å². The Labute approximate surface area is 169 Å². The third-order valence-electron chi connectivity index (χ3n) is 3.36. The van der Waals surface area contributed by atoms with Crippen LogP contribution in [0.15, 0.2) is 17.1 Å². The lowest BCUT2D eigenvalue weighted by Crippen LogP contribution is -2.38. The van der Waals surface area contributed by atoms with Gasteiger partial charge in [-0.2, -0.15) is 0 Å². The van der Waals surface area contributed by atoms with E-state index >= 15 is 0 Å². The highest BCUT2D eigenvalue weighted by atomic mass is 127. The molecule has 0 unspecified atom stereocenters. The van der Waals surface area contributed by atoms with Gasteiger partial charge in [-0.1, -0.05) is 26.2 Å². The van der Waals surface area contributed by atoms with Gasteiger partial charge in [-0.25, -0.2) is 18.2 Å². The zero-order valence-corrected chi connectivity index (χ0v) is 17.3. The Hall–Kier alpha value is -1.52. The Bertz CT molecular complexity index is 600. The molecule has 0 aliphatic heterocycles. The molecule has 0 aliphatic rings. The van der Waals surface area contributed by atoms with Crippen LogP contribution in [0.2, 0.25) is 0 Å². The molecule has 1 aromatic rings. The standard InChI is InChI=1S/C17H25F3N4O.HI/c1-3-5-6-7-10-22-17(21-4-2)23-11-14(25)24-13-9-8-12(18)15(19)16(13)20;/h8-9H,3-7,10-11H2,1-2H3,(H,24,25)(H2,21,22,23);1H. The minimum Gasteiger partial charge on any atom is -0.357 e. The number of aliphatic imine (C=N–C) groups is 1. The van der Waals surface area contributed by atoms with Gasteiger partial charge in [-0.3, -0.25) is 4.79 Å². The van der Waals surface area contributed by atoms with Crippen molar-refractivity contribution >= 4 is 41.5 Å². The number of carbonyl (C=O) groups excluding carboxylic acids is 1. The van der Waals surface area contributed by atoms with Crippen LogP contribution in [-0.2, 0) is 4.79 Å². The number of nitrogens with zero attached hydrogens (tertiary/aromatic N) is 1. The molecule has 1 rings (SSSR count). The van der Waals surface area contributed by atoms with Gasteiger partial charge in [-0.05, 0) is 25.5 Å². The fraction of sp³-hybridized carbons (Fsp3) is 0.529. The first kappa shape index (κ1) is 24.5. The molecule has 5 nitrogen and oxygen atoms in total. The van der Waals surface area contributed by atoms with Gasteiger partial charge in [0.05, 0.1) is 5.69 Å². The molecule has 1 aromatic carbocycles. The quantitative estimate of drug-likeness (QED) is 0.164. The molecule has 26 heavy (non-hydrogen) atoms. The van der Waals surface area contributed by atoms with Crippen LogP contribution in [0.4, 0.5) is 18.9 Å². The van der Waals surface area contributed by atoms with Crippen LogP contribution < -0.4 is 16.0 Å². The van der Waals surface area contributed by atoms with Gasteiger partial charge in [0.15, 0.2) is 23.4 Å². The van der Waals surface area contributed by atoms with Crippen molar-refractivity contribution in [1.29, 1.82) is 0 Å². The van der Waals surface area contributed by atoms with Crippen LogP contribution in [0.3, 0.4) is 0 Å². The number of hydrogen-bond acceptors (Lipinski definition) is 2. The normalized spacial score (nSPS) is 10.9. The Morgan fingerprint density at radius 2 is 1.77 bits per heavy atom. The number of unbranched alkanes of at least 4 members (excludes halogenated alkanes) is 3. The summed E-state index contributed by atoms with van der Waals surface area (Å²) in [5, 5.41) is 8.27. The third kappa shape index (κ3) is 8.72. The lowest BCUT2D eigenvalue weighted by Gasteiger charge is -2.11. The summed E-state index contributed by atoms with van der Waals surface area (Å²) in [5.74, 6) is -4.52. The van der Waals surface area contributed by atoms with Crippen LogP contribution in [0.1, 0.15) is 39.5 Å². The molecule has 1 amide bonds. The summed E-state index contributed by atoms with van der Waals surface area (Å²) in [4.78, 5) is 15.9. The van der Waals surface area contributed by atoms with Gasteiger partial charge < -0.3 is 16.0 Å². The van der Waals surface area contributed by atoms with Crippen molar-refractivity contribution in [2.45, 2.75) is 39.5 Å². The fourth-order valence-electron chi connectivity index (χ4n) is 2.06. The van der Waals surface area contributed by atoms with E-state index in [2.05, 4.69) is 27.9 Å². The number of guanidine groups is 1.